The van der Waals surface area contributed by atoms with Crippen LogP contribution in [0, 0.1) is 11.6 Å². The molecule has 0 bridgehead atoms. The molecule has 230 valence electrons. The topological polar surface area (TPSA) is 148 Å². The van der Waals surface area contributed by atoms with Gasteiger partial charge < -0.3 is 34.6 Å². The minimum absolute atomic E-state index is 0.0837. The summed E-state index contributed by atoms with van der Waals surface area (Å²) in [6, 6.07) is 11.0. The van der Waals surface area contributed by atoms with E-state index in [1.807, 2.05) is 0 Å². The van der Waals surface area contributed by atoms with E-state index in [-0.39, 0.29) is 59.3 Å². The number of ether oxygens (including phenoxy) is 2. The molecule has 0 aliphatic heterocycles. The van der Waals surface area contributed by atoms with Gasteiger partial charge in [0, 0.05) is 26.4 Å². The summed E-state index contributed by atoms with van der Waals surface area (Å²) in [5.41, 5.74) is -0.514. The molecule has 12 nitrogen and oxygen atoms in total. The van der Waals surface area contributed by atoms with Crippen LogP contribution in [0.1, 0.15) is 18.7 Å². The summed E-state index contributed by atoms with van der Waals surface area (Å²) in [7, 11) is 4.34. The van der Waals surface area contributed by atoms with Crippen molar-refractivity contribution in [1.82, 2.24) is 24.8 Å². The molecule has 4 rings (SSSR count). The number of methoxy groups -OCH3 is 1. The van der Waals surface area contributed by atoms with Crippen molar-refractivity contribution in [2.45, 2.75) is 25.4 Å². The second kappa shape index (κ2) is 14.1. The Balaban J connectivity index is 1.53. The number of amides is 3. The molecular formula is C30H30F2N6O6. The number of allylic oxidation sites excluding steroid dienone is 1. The van der Waals surface area contributed by atoms with Crippen molar-refractivity contribution in [3.8, 4) is 11.5 Å². The molecule has 4 aromatic rings. The summed E-state index contributed by atoms with van der Waals surface area (Å²) in [6.07, 6.45) is 3.89. The van der Waals surface area contributed by atoms with Gasteiger partial charge in [0.1, 0.15) is 28.8 Å². The fraction of sp³-hybridized carbons (Fsp3) is 0.233. The second-order valence-electron chi connectivity index (χ2n) is 9.74. The first-order valence-electron chi connectivity index (χ1n) is 13.4. The maximum absolute atomic E-state index is 14.7. The van der Waals surface area contributed by atoms with Gasteiger partial charge in [0.2, 0.25) is 17.6 Å². The van der Waals surface area contributed by atoms with Crippen LogP contribution in [0.25, 0.3) is 11.0 Å². The van der Waals surface area contributed by atoms with Crippen molar-refractivity contribution in [2.24, 2.45) is 0 Å². The van der Waals surface area contributed by atoms with E-state index < -0.39 is 35.2 Å². The van der Waals surface area contributed by atoms with Crippen molar-refractivity contribution >= 4 is 34.6 Å². The van der Waals surface area contributed by atoms with Crippen molar-refractivity contribution in [1.29, 1.82) is 0 Å². The van der Waals surface area contributed by atoms with E-state index in [2.05, 4.69) is 25.3 Å². The van der Waals surface area contributed by atoms with Crippen molar-refractivity contribution in [2.75, 3.05) is 26.5 Å². The molecule has 1 atom stereocenters. The largest absolute Gasteiger partial charge is 0.453 e. The highest BCUT2D eigenvalue weighted by atomic mass is 19.2. The van der Waals surface area contributed by atoms with Gasteiger partial charge in [-0.2, -0.15) is 4.39 Å². The van der Waals surface area contributed by atoms with Crippen molar-refractivity contribution < 1.29 is 32.6 Å². The second-order valence-corrected chi connectivity index (χ2v) is 9.74. The number of hydrogen-bond donors (Lipinski definition) is 3. The molecule has 3 amide bonds. The minimum Gasteiger partial charge on any atom is -0.453 e. The molecule has 44 heavy (non-hydrogen) atoms. The molecule has 0 spiro atoms. The molecular weight excluding hydrogens is 578 g/mol. The summed E-state index contributed by atoms with van der Waals surface area (Å²) < 4.78 is 40.5. The van der Waals surface area contributed by atoms with Gasteiger partial charge in [-0.05, 0) is 43.2 Å². The Morgan fingerprint density at radius 1 is 1.14 bits per heavy atom. The maximum Gasteiger partial charge on any atom is 0.407 e. The van der Waals surface area contributed by atoms with Gasteiger partial charge in [0.25, 0.3) is 5.56 Å². The monoisotopic (exact) mass is 608 g/mol. The van der Waals surface area contributed by atoms with Gasteiger partial charge in [-0.25, -0.2) is 14.2 Å². The number of pyridine rings is 1. The van der Waals surface area contributed by atoms with Crippen molar-refractivity contribution in [3.05, 3.63) is 94.7 Å². The van der Waals surface area contributed by atoms with E-state index in [1.165, 1.54) is 33.9 Å². The molecule has 14 heteroatoms. The van der Waals surface area contributed by atoms with Gasteiger partial charge in [0.05, 0.1) is 19.2 Å². The first-order valence-corrected chi connectivity index (χ1v) is 13.4. The van der Waals surface area contributed by atoms with Gasteiger partial charge in [-0.3, -0.25) is 14.4 Å². The third kappa shape index (κ3) is 7.65. The number of hydrogen-bond acceptors (Lipinski definition) is 7. The zero-order chi connectivity index (χ0) is 31.8. The summed E-state index contributed by atoms with van der Waals surface area (Å²) in [5.74, 6) is -3.19. The molecule has 2 aromatic carbocycles. The van der Waals surface area contributed by atoms with Crippen molar-refractivity contribution in [3.63, 3.8) is 0 Å². The summed E-state index contributed by atoms with van der Waals surface area (Å²) in [6.45, 7) is -0.139. The number of benzene rings is 2. The van der Waals surface area contributed by atoms with Crippen LogP contribution in [0.2, 0.25) is 0 Å². The van der Waals surface area contributed by atoms with Crippen LogP contribution in [0.3, 0.4) is 0 Å². The smallest absolute Gasteiger partial charge is 0.407 e. The lowest BCUT2D eigenvalue weighted by Gasteiger charge is -2.17. The number of nitrogens with zero attached hydrogens (tertiary/aromatic N) is 3. The number of halogens is 2. The normalized spacial score (nSPS) is 11.8. The van der Waals surface area contributed by atoms with Gasteiger partial charge in [0.15, 0.2) is 11.6 Å². The standard InChI is InChI=1S/C30H30F2N6O6/c1-37(2)24(39)14-8-7-12-20(35-30(42)43-3)28(40)34-21-13-9-15-38(29(21)41)17-23-33-22-16-19(31)25(32)27(26(22)36-23)44-18-10-5-4-6-11-18/h4-6,8-11,13-16,20H,7,12,17H2,1-3H3,(H,33,36)(H,34,40)(H,35,42)/b14-8+. The Morgan fingerprint density at radius 3 is 2.59 bits per heavy atom. The molecule has 1 unspecified atom stereocenters. The lowest BCUT2D eigenvalue weighted by Crippen LogP contribution is -2.44. The molecule has 0 saturated heterocycles. The Hall–Kier alpha value is -5.53. The van der Waals surface area contributed by atoms with Crippen LogP contribution >= 0.6 is 0 Å². The number of imidazole rings is 1. The number of nitrogens with one attached hydrogen (secondary N) is 3. The van der Waals surface area contributed by atoms with E-state index in [0.29, 0.717) is 0 Å². The van der Waals surface area contributed by atoms with Crippen LogP contribution in [-0.2, 0) is 20.9 Å². The van der Waals surface area contributed by atoms with Gasteiger partial charge in [-0.1, -0.05) is 24.3 Å². The summed E-state index contributed by atoms with van der Waals surface area (Å²) in [4.78, 5) is 58.5. The molecule has 0 aliphatic rings. The van der Waals surface area contributed by atoms with Crippen LogP contribution in [0.15, 0.2) is 71.7 Å². The third-order valence-corrected chi connectivity index (χ3v) is 6.36. The predicted octanol–water partition coefficient (Wildman–Crippen LogP) is 3.93. The number of rotatable bonds is 11. The summed E-state index contributed by atoms with van der Waals surface area (Å²) in [5, 5.41) is 4.94. The highest BCUT2D eigenvalue weighted by Gasteiger charge is 2.23. The number of aromatic nitrogens is 3. The lowest BCUT2D eigenvalue weighted by atomic mass is 10.1. The molecule has 0 radical (unpaired) electrons. The predicted molar refractivity (Wildman–Crippen MR) is 157 cm³/mol. The van der Waals surface area contributed by atoms with E-state index in [0.717, 1.165) is 13.2 Å². The number of H-pyrrole nitrogens is 1. The molecule has 3 N–H and O–H groups in total. The average Bonchev–Trinajstić information content (AvgIpc) is 3.40. The highest BCUT2D eigenvalue weighted by molar-refractivity contribution is 5.96. The number of carbonyl (C=O) groups excluding carboxylic acids is 3. The number of alkyl carbamates (subject to hydrolysis) is 1. The first kappa shape index (κ1) is 31.4. The van der Waals surface area contributed by atoms with Crippen LogP contribution in [-0.4, -0.2) is 64.6 Å². The number of anilines is 1. The number of aromatic amines is 1. The quantitative estimate of drug-likeness (QED) is 0.219. The van der Waals surface area contributed by atoms with E-state index in [9.17, 15) is 28.0 Å². The van der Waals surface area contributed by atoms with Crippen LogP contribution in [0.5, 0.6) is 11.5 Å². The van der Waals surface area contributed by atoms with Gasteiger partial charge >= 0.3 is 6.09 Å². The Labute approximate surface area is 250 Å². The third-order valence-electron chi connectivity index (χ3n) is 6.36. The number of likely N-dealkylation sites (N-methyl/N-ethyl adjacent to an activating group) is 1. The van der Waals surface area contributed by atoms with E-state index in [1.54, 1.807) is 50.5 Å². The fourth-order valence-corrected chi connectivity index (χ4v) is 4.10. The minimum atomic E-state index is -1.20. The Morgan fingerprint density at radius 2 is 1.89 bits per heavy atom. The average molecular weight is 609 g/mol. The maximum atomic E-state index is 14.7. The Kier molecular flexibility index (Phi) is 10.1. The number of fused-ring (bicyclic) bond motifs is 1. The SMILES string of the molecule is COC(=O)NC(CC/C=C/C(=O)N(C)C)C(=O)Nc1cccn(Cc2nc3cc(F)c(F)c(Oc4ccccc4)c3[nH]2)c1=O. The highest BCUT2D eigenvalue weighted by Crippen LogP contribution is 2.33. The summed E-state index contributed by atoms with van der Waals surface area (Å²) >= 11 is 0. The molecule has 0 saturated carbocycles. The van der Waals surface area contributed by atoms with Crippen LogP contribution in [0.4, 0.5) is 19.3 Å². The van der Waals surface area contributed by atoms with Gasteiger partial charge in [-0.15, -0.1) is 0 Å². The molecule has 2 heterocycles. The zero-order valence-corrected chi connectivity index (χ0v) is 24.1. The van der Waals surface area contributed by atoms with Crippen LogP contribution < -0.4 is 20.9 Å². The first-order chi connectivity index (χ1) is 21.1. The van der Waals surface area contributed by atoms with E-state index in [4.69, 9.17) is 4.74 Å². The zero-order valence-electron chi connectivity index (χ0n) is 24.1. The lowest BCUT2D eigenvalue weighted by molar-refractivity contribution is -0.123. The molecule has 2 aromatic heterocycles. The molecule has 0 aliphatic carbocycles. The fourth-order valence-electron chi connectivity index (χ4n) is 4.10. The number of para-hydroxylation sites is 1. The molecule has 0 fully saturated rings. The Bertz CT molecular complexity index is 1750. The number of carbonyl (C=O) groups is 3. The van der Waals surface area contributed by atoms with E-state index >= 15 is 0 Å².